The molecule has 4 rings (SSSR count). The number of nitrogen functional groups attached to an aromatic ring is 1. The molecule has 0 amide bonds. The second-order valence-corrected chi connectivity index (χ2v) is 6.95. The smallest absolute Gasteiger partial charge is 0.224 e. The molecule has 10 heteroatoms. The molecule has 1 saturated heterocycles. The number of rotatable bonds is 4. The summed E-state index contributed by atoms with van der Waals surface area (Å²) in [4.78, 5) is 15.0. The molecule has 2 aliphatic rings. The van der Waals surface area contributed by atoms with Crippen molar-refractivity contribution in [1.82, 2.24) is 19.5 Å². The number of aliphatic hydroxyl groups is 3. The molecule has 1 aliphatic heterocycles. The molecule has 2 aromatic heterocycles. The molecule has 0 radical (unpaired) electrons. The first kappa shape index (κ1) is 16.5. The van der Waals surface area contributed by atoms with Gasteiger partial charge in [-0.1, -0.05) is 0 Å². The fraction of sp³-hybridized carbons (Fsp3) is 0.667. The molecular formula is C15H22N6O4. The Labute approximate surface area is 143 Å². The van der Waals surface area contributed by atoms with Gasteiger partial charge in [-0.15, -0.1) is 0 Å². The van der Waals surface area contributed by atoms with Crippen LogP contribution in [0.25, 0.3) is 11.2 Å². The summed E-state index contributed by atoms with van der Waals surface area (Å²) in [5.41, 5.74) is 5.21. The third-order valence-corrected chi connectivity index (χ3v) is 5.04. The molecule has 3 heterocycles. The minimum atomic E-state index is -1.62. The van der Waals surface area contributed by atoms with Gasteiger partial charge in [0.05, 0.1) is 12.9 Å². The van der Waals surface area contributed by atoms with Gasteiger partial charge in [-0.05, 0) is 19.8 Å². The van der Waals surface area contributed by atoms with E-state index in [0.717, 1.165) is 12.8 Å². The quantitative estimate of drug-likeness (QED) is 0.546. The molecule has 4 atom stereocenters. The van der Waals surface area contributed by atoms with Crippen LogP contribution in [0.1, 0.15) is 26.0 Å². The van der Waals surface area contributed by atoms with Gasteiger partial charge < -0.3 is 30.7 Å². The molecule has 0 aromatic carbocycles. The average Bonchev–Trinajstić information content (AvgIpc) is 3.30. The highest BCUT2D eigenvalue weighted by Crippen LogP contribution is 2.40. The second-order valence-electron chi connectivity index (χ2n) is 6.95. The average molecular weight is 350 g/mol. The fourth-order valence-electron chi connectivity index (χ4n) is 3.36. The molecule has 1 saturated carbocycles. The topological polar surface area (TPSA) is 143 Å². The zero-order chi connectivity index (χ0) is 17.9. The van der Waals surface area contributed by atoms with Crippen LogP contribution in [0.5, 0.6) is 0 Å². The van der Waals surface area contributed by atoms with Crippen LogP contribution in [0.2, 0.25) is 0 Å². The maximum absolute atomic E-state index is 10.7. The monoisotopic (exact) mass is 350 g/mol. The standard InChI is InChI=1S/C15H22N6O4/c1-15(24)10(23)8(5-22)25-13(15)21-6-17-9-11(20(2)7-3-4-7)18-14(16)19-12(9)21/h6-8,10,13,22-24H,3-5H2,1-2H3,(H2,16,18,19)/t8?,10-,13?,15-/m1/s1. The van der Waals surface area contributed by atoms with E-state index in [-0.39, 0.29) is 5.95 Å². The zero-order valence-corrected chi connectivity index (χ0v) is 14.1. The first-order valence-corrected chi connectivity index (χ1v) is 8.24. The summed E-state index contributed by atoms with van der Waals surface area (Å²) in [6, 6.07) is 0.411. The van der Waals surface area contributed by atoms with E-state index in [1.54, 1.807) is 0 Å². The van der Waals surface area contributed by atoms with E-state index in [2.05, 4.69) is 15.0 Å². The summed E-state index contributed by atoms with van der Waals surface area (Å²) in [7, 11) is 1.94. The molecule has 2 aromatic rings. The van der Waals surface area contributed by atoms with Crippen molar-refractivity contribution in [3.63, 3.8) is 0 Å². The van der Waals surface area contributed by atoms with Crippen LogP contribution < -0.4 is 10.6 Å². The number of fused-ring (bicyclic) bond motifs is 1. The summed E-state index contributed by atoms with van der Waals surface area (Å²) < 4.78 is 7.17. The first-order chi connectivity index (χ1) is 11.8. The summed E-state index contributed by atoms with van der Waals surface area (Å²) in [5, 5.41) is 30.2. The van der Waals surface area contributed by atoms with E-state index in [9.17, 15) is 15.3 Å². The van der Waals surface area contributed by atoms with Crippen LogP contribution in [-0.2, 0) is 4.74 Å². The van der Waals surface area contributed by atoms with Crippen molar-refractivity contribution >= 4 is 22.9 Å². The Bertz CT molecular complexity index is 805. The highest BCUT2D eigenvalue weighted by atomic mass is 16.6. The third kappa shape index (κ3) is 2.44. The minimum Gasteiger partial charge on any atom is -0.394 e. The predicted molar refractivity (Wildman–Crippen MR) is 88.8 cm³/mol. The number of aromatic nitrogens is 4. The lowest BCUT2D eigenvalue weighted by Gasteiger charge is -2.27. The molecule has 1 aliphatic carbocycles. The Morgan fingerprint density at radius 3 is 2.76 bits per heavy atom. The Morgan fingerprint density at radius 2 is 2.16 bits per heavy atom. The molecule has 5 N–H and O–H groups in total. The summed E-state index contributed by atoms with van der Waals surface area (Å²) in [5.74, 6) is 0.717. The van der Waals surface area contributed by atoms with Crippen molar-refractivity contribution in [2.24, 2.45) is 0 Å². The molecule has 25 heavy (non-hydrogen) atoms. The van der Waals surface area contributed by atoms with Crippen LogP contribution in [0.15, 0.2) is 6.33 Å². The number of hydrogen-bond acceptors (Lipinski definition) is 9. The number of ether oxygens (including phenoxy) is 1. The largest absolute Gasteiger partial charge is 0.394 e. The Hall–Kier alpha value is -2.01. The fourth-order valence-corrected chi connectivity index (χ4v) is 3.36. The Morgan fingerprint density at radius 1 is 1.44 bits per heavy atom. The van der Waals surface area contributed by atoms with Crippen molar-refractivity contribution < 1.29 is 20.1 Å². The maximum Gasteiger partial charge on any atom is 0.224 e. The lowest BCUT2D eigenvalue weighted by molar-refractivity contribution is -0.0950. The van der Waals surface area contributed by atoms with Gasteiger partial charge in [0, 0.05) is 13.1 Å². The van der Waals surface area contributed by atoms with E-state index in [1.807, 2.05) is 11.9 Å². The lowest BCUT2D eigenvalue weighted by atomic mass is 9.96. The minimum absolute atomic E-state index is 0.0913. The molecule has 136 valence electrons. The SMILES string of the molecule is CN(c1nc(N)nc2c1ncn2C1OC(CO)[C@@H](O)[C@@]1(C)O)C1CC1. The van der Waals surface area contributed by atoms with Gasteiger partial charge in [-0.25, -0.2) is 4.98 Å². The number of aliphatic hydroxyl groups excluding tert-OH is 2. The number of imidazole rings is 1. The second kappa shape index (κ2) is 5.49. The maximum atomic E-state index is 10.7. The predicted octanol–water partition coefficient (Wildman–Crippen LogP) is -0.991. The van der Waals surface area contributed by atoms with Crippen LogP contribution >= 0.6 is 0 Å². The van der Waals surface area contributed by atoms with E-state index in [4.69, 9.17) is 10.5 Å². The van der Waals surface area contributed by atoms with Gasteiger partial charge in [-0.3, -0.25) is 4.57 Å². The normalized spacial score (nSPS) is 32.4. The van der Waals surface area contributed by atoms with Crippen LogP contribution in [0, 0.1) is 0 Å². The van der Waals surface area contributed by atoms with Gasteiger partial charge in [0.15, 0.2) is 23.2 Å². The van der Waals surface area contributed by atoms with Crippen molar-refractivity contribution in [2.45, 2.75) is 49.8 Å². The number of nitrogens with zero attached hydrogens (tertiary/aromatic N) is 5. The van der Waals surface area contributed by atoms with Crippen molar-refractivity contribution in [3.8, 4) is 0 Å². The van der Waals surface area contributed by atoms with Gasteiger partial charge in [0.25, 0.3) is 0 Å². The highest BCUT2D eigenvalue weighted by Gasteiger charge is 2.53. The van der Waals surface area contributed by atoms with Crippen molar-refractivity contribution in [2.75, 3.05) is 24.3 Å². The van der Waals surface area contributed by atoms with Gasteiger partial charge >= 0.3 is 0 Å². The summed E-state index contributed by atoms with van der Waals surface area (Å²) >= 11 is 0. The van der Waals surface area contributed by atoms with Crippen molar-refractivity contribution in [3.05, 3.63) is 6.33 Å². The van der Waals surface area contributed by atoms with E-state index < -0.39 is 30.6 Å². The molecule has 2 unspecified atom stereocenters. The van der Waals surface area contributed by atoms with Gasteiger partial charge in [0.1, 0.15) is 17.8 Å². The van der Waals surface area contributed by atoms with Crippen molar-refractivity contribution in [1.29, 1.82) is 0 Å². The van der Waals surface area contributed by atoms with E-state index in [0.29, 0.717) is 23.0 Å². The number of hydrogen-bond donors (Lipinski definition) is 4. The van der Waals surface area contributed by atoms with Gasteiger partial charge in [-0.2, -0.15) is 9.97 Å². The van der Waals surface area contributed by atoms with Crippen LogP contribution in [0.4, 0.5) is 11.8 Å². The summed E-state index contributed by atoms with van der Waals surface area (Å²) in [6.45, 7) is 1.04. The molecule has 0 spiro atoms. The lowest BCUT2D eigenvalue weighted by Crippen LogP contribution is -2.44. The number of nitrogens with two attached hydrogens (primary N) is 1. The molecule has 2 fully saturated rings. The van der Waals surface area contributed by atoms with Crippen LogP contribution in [0.3, 0.4) is 0 Å². The van der Waals surface area contributed by atoms with E-state index in [1.165, 1.54) is 17.8 Å². The van der Waals surface area contributed by atoms with Crippen LogP contribution in [-0.4, -0.2) is 72.3 Å². The third-order valence-electron chi connectivity index (χ3n) is 5.04. The number of anilines is 2. The first-order valence-electron chi connectivity index (χ1n) is 8.24. The molecule has 0 bridgehead atoms. The molecule has 10 nitrogen and oxygen atoms in total. The highest BCUT2D eigenvalue weighted by molar-refractivity contribution is 5.85. The Kier molecular flexibility index (Phi) is 3.62. The zero-order valence-electron chi connectivity index (χ0n) is 14.1. The molecular weight excluding hydrogens is 328 g/mol. The summed E-state index contributed by atoms with van der Waals surface area (Å²) in [6.07, 6.45) is 0.561. The van der Waals surface area contributed by atoms with E-state index >= 15 is 0 Å². The van der Waals surface area contributed by atoms with Gasteiger partial charge in [0.2, 0.25) is 5.95 Å². The Balaban J connectivity index is 1.81.